The molecule has 0 aliphatic carbocycles. The van der Waals surface area contributed by atoms with Gasteiger partial charge in [0, 0.05) is 0 Å². The van der Waals surface area contributed by atoms with Gasteiger partial charge in [0.1, 0.15) is 0 Å². The summed E-state index contributed by atoms with van der Waals surface area (Å²) in [5, 5.41) is 0. The van der Waals surface area contributed by atoms with Gasteiger partial charge in [-0.3, -0.25) is 10.9 Å². The minimum Gasteiger partial charge on any atom is -0.350 e. The lowest BCUT2D eigenvalue weighted by molar-refractivity contribution is 0.247. The molecule has 4 N–H and O–H groups in total. The first-order valence-corrected chi connectivity index (χ1v) is 4.55. The van der Waals surface area contributed by atoms with Crippen LogP contribution in [0.4, 0.5) is 4.79 Å². The number of hydrogen-bond acceptors (Lipinski definition) is 3. The molecule has 0 bridgehead atoms. The van der Waals surface area contributed by atoms with Crippen LogP contribution in [0.1, 0.15) is 4.88 Å². The molecular formula is C7H8ClN3OS. The first-order valence-electron chi connectivity index (χ1n) is 3.35. The van der Waals surface area contributed by atoms with E-state index in [1.165, 1.54) is 11.3 Å². The van der Waals surface area contributed by atoms with E-state index >= 15 is 0 Å². The third-order valence-corrected chi connectivity index (χ3v) is 2.50. The molecule has 1 aromatic heterocycles. The van der Waals surface area contributed by atoms with E-state index in [0.29, 0.717) is 10.0 Å². The van der Waals surface area contributed by atoms with E-state index in [1.54, 1.807) is 12.1 Å². The van der Waals surface area contributed by atoms with Crippen LogP contribution in [0.3, 0.4) is 0 Å². The van der Waals surface area contributed by atoms with E-state index in [4.69, 9.17) is 17.3 Å². The van der Waals surface area contributed by atoms with Gasteiger partial charge in [-0.05, 0) is 12.1 Å². The minimum atomic E-state index is -0.663. The first-order chi connectivity index (χ1) is 6.09. The Bertz CT molecular complexity index is 336. The molecule has 6 heteroatoms. The number of primary amides is 1. The fourth-order valence-corrected chi connectivity index (χ4v) is 1.64. The van der Waals surface area contributed by atoms with Crippen LogP contribution in [0.15, 0.2) is 18.7 Å². The molecule has 0 aromatic carbocycles. The van der Waals surface area contributed by atoms with Gasteiger partial charge in [0.15, 0.2) is 0 Å². The van der Waals surface area contributed by atoms with Crippen molar-refractivity contribution in [3.05, 3.63) is 27.9 Å². The van der Waals surface area contributed by atoms with Crippen LogP contribution in [0.25, 0.3) is 5.70 Å². The summed E-state index contributed by atoms with van der Waals surface area (Å²) in [6.45, 7) is 3.68. The zero-order valence-corrected chi connectivity index (χ0v) is 8.21. The predicted molar refractivity (Wildman–Crippen MR) is 54.2 cm³/mol. The molecule has 0 fully saturated rings. The Balaban J connectivity index is 2.54. The van der Waals surface area contributed by atoms with Gasteiger partial charge in [0.25, 0.3) is 0 Å². The lowest BCUT2D eigenvalue weighted by atomic mass is 10.4. The largest absolute Gasteiger partial charge is 0.350 e. The zero-order valence-electron chi connectivity index (χ0n) is 6.63. The SMILES string of the molecule is C=C(NNC(N)=O)c1ccc(Cl)s1. The zero-order chi connectivity index (χ0) is 9.84. The van der Waals surface area contributed by atoms with Crippen LogP contribution in [0.2, 0.25) is 4.34 Å². The molecule has 13 heavy (non-hydrogen) atoms. The lowest BCUT2D eigenvalue weighted by Crippen LogP contribution is -2.39. The van der Waals surface area contributed by atoms with Gasteiger partial charge in [-0.1, -0.05) is 18.2 Å². The maximum Gasteiger partial charge on any atom is 0.330 e. The normalized spacial score (nSPS) is 9.31. The van der Waals surface area contributed by atoms with Crippen molar-refractivity contribution in [2.24, 2.45) is 5.73 Å². The molecule has 0 saturated carbocycles. The Kier molecular flexibility index (Phi) is 3.16. The van der Waals surface area contributed by atoms with E-state index in [0.717, 1.165) is 4.88 Å². The highest BCUT2D eigenvalue weighted by Crippen LogP contribution is 2.24. The number of rotatable bonds is 3. The summed E-state index contributed by atoms with van der Waals surface area (Å²) in [6, 6.07) is 2.88. The molecule has 1 rings (SSSR count). The average Bonchev–Trinajstić information content (AvgIpc) is 2.47. The van der Waals surface area contributed by atoms with Gasteiger partial charge < -0.3 is 5.73 Å². The highest BCUT2D eigenvalue weighted by molar-refractivity contribution is 7.17. The first kappa shape index (κ1) is 9.88. The van der Waals surface area contributed by atoms with E-state index in [-0.39, 0.29) is 0 Å². The summed E-state index contributed by atoms with van der Waals surface area (Å²) < 4.78 is 0.664. The van der Waals surface area contributed by atoms with Crippen molar-refractivity contribution in [1.29, 1.82) is 0 Å². The summed E-state index contributed by atoms with van der Waals surface area (Å²) in [4.78, 5) is 11.2. The maximum atomic E-state index is 10.3. The highest BCUT2D eigenvalue weighted by Gasteiger charge is 2.01. The number of carbonyl (C=O) groups excluding carboxylic acids is 1. The summed E-state index contributed by atoms with van der Waals surface area (Å²) in [5.74, 6) is 0. The molecule has 4 nitrogen and oxygen atoms in total. The van der Waals surface area contributed by atoms with Crippen molar-refractivity contribution in [2.45, 2.75) is 0 Å². The van der Waals surface area contributed by atoms with Crippen molar-refractivity contribution in [3.8, 4) is 0 Å². The van der Waals surface area contributed by atoms with Crippen molar-refractivity contribution in [1.82, 2.24) is 10.9 Å². The molecule has 0 aliphatic rings. The molecule has 0 radical (unpaired) electrons. The molecule has 0 saturated heterocycles. The highest BCUT2D eigenvalue weighted by atomic mass is 35.5. The molecule has 0 unspecified atom stereocenters. The Morgan fingerprint density at radius 3 is 2.69 bits per heavy atom. The summed E-state index contributed by atoms with van der Waals surface area (Å²) in [5.41, 5.74) is 10.1. The second-order valence-electron chi connectivity index (χ2n) is 2.20. The van der Waals surface area contributed by atoms with Gasteiger partial charge in [0.05, 0.1) is 14.9 Å². The van der Waals surface area contributed by atoms with Crippen LogP contribution >= 0.6 is 22.9 Å². The monoisotopic (exact) mass is 217 g/mol. The number of urea groups is 1. The quantitative estimate of drug-likeness (QED) is 0.673. The Hall–Kier alpha value is -1.20. The van der Waals surface area contributed by atoms with Crippen LogP contribution in [-0.4, -0.2) is 6.03 Å². The average molecular weight is 218 g/mol. The third-order valence-electron chi connectivity index (χ3n) is 1.21. The number of halogens is 1. The number of hydrazine groups is 1. The van der Waals surface area contributed by atoms with Gasteiger partial charge in [0.2, 0.25) is 0 Å². The van der Waals surface area contributed by atoms with Gasteiger partial charge >= 0.3 is 6.03 Å². The number of thiophene rings is 1. The summed E-state index contributed by atoms with van der Waals surface area (Å²) in [7, 11) is 0. The number of amides is 2. The fourth-order valence-electron chi connectivity index (χ4n) is 0.675. The van der Waals surface area contributed by atoms with Crippen LogP contribution in [0.5, 0.6) is 0 Å². The van der Waals surface area contributed by atoms with Crippen LogP contribution in [0, 0.1) is 0 Å². The van der Waals surface area contributed by atoms with E-state index < -0.39 is 6.03 Å². The minimum absolute atomic E-state index is 0.552. The van der Waals surface area contributed by atoms with Crippen LogP contribution in [-0.2, 0) is 0 Å². The standard InChI is InChI=1S/C7H8ClN3OS/c1-4(10-11-7(9)12)5-2-3-6(8)13-5/h2-3,10H,1H2,(H3,9,11,12). The Morgan fingerprint density at radius 1 is 1.54 bits per heavy atom. The number of nitrogens with two attached hydrogens (primary N) is 1. The van der Waals surface area contributed by atoms with Gasteiger partial charge in [-0.2, -0.15) is 0 Å². The van der Waals surface area contributed by atoms with E-state index in [2.05, 4.69) is 17.4 Å². The second kappa shape index (κ2) is 4.15. The molecule has 1 aromatic rings. The Morgan fingerprint density at radius 2 is 2.23 bits per heavy atom. The van der Waals surface area contributed by atoms with Gasteiger partial charge in [-0.15, -0.1) is 11.3 Å². The molecule has 0 aliphatic heterocycles. The summed E-state index contributed by atoms with van der Waals surface area (Å²) >= 11 is 7.06. The third kappa shape index (κ3) is 2.96. The van der Waals surface area contributed by atoms with Crippen LogP contribution < -0.4 is 16.6 Å². The lowest BCUT2D eigenvalue weighted by Gasteiger charge is -2.06. The molecule has 0 spiro atoms. The van der Waals surface area contributed by atoms with Crippen molar-refractivity contribution >= 4 is 34.7 Å². The smallest absolute Gasteiger partial charge is 0.330 e. The number of nitrogens with one attached hydrogen (secondary N) is 2. The molecule has 2 amide bonds. The molecule has 70 valence electrons. The molecule has 0 atom stereocenters. The van der Waals surface area contributed by atoms with Crippen molar-refractivity contribution in [2.75, 3.05) is 0 Å². The Labute approximate surface area is 84.4 Å². The summed E-state index contributed by atoms with van der Waals surface area (Å²) in [6.07, 6.45) is 0. The van der Waals surface area contributed by atoms with Crippen molar-refractivity contribution in [3.63, 3.8) is 0 Å². The second-order valence-corrected chi connectivity index (χ2v) is 3.91. The fraction of sp³-hybridized carbons (Fsp3) is 0. The van der Waals surface area contributed by atoms with E-state index in [9.17, 15) is 4.79 Å². The van der Waals surface area contributed by atoms with Gasteiger partial charge in [-0.25, -0.2) is 4.79 Å². The number of carbonyl (C=O) groups is 1. The maximum absolute atomic E-state index is 10.3. The van der Waals surface area contributed by atoms with Crippen molar-refractivity contribution < 1.29 is 4.79 Å². The van der Waals surface area contributed by atoms with E-state index in [1.807, 2.05) is 0 Å². The molecule has 1 heterocycles. The topological polar surface area (TPSA) is 67.2 Å². The number of hydrogen-bond donors (Lipinski definition) is 3. The molecular weight excluding hydrogens is 210 g/mol. The predicted octanol–water partition coefficient (Wildman–Crippen LogP) is 1.55.